The van der Waals surface area contributed by atoms with E-state index >= 15 is 0 Å². The first-order chi connectivity index (χ1) is 23.4. The van der Waals surface area contributed by atoms with E-state index in [1.807, 2.05) is 0 Å². The monoisotopic (exact) mass is 714 g/mol. The van der Waals surface area contributed by atoms with Gasteiger partial charge >= 0.3 is 5.97 Å². The van der Waals surface area contributed by atoms with Crippen molar-refractivity contribution in [1.82, 2.24) is 31.5 Å². The molecule has 6 amide bonds. The van der Waals surface area contributed by atoms with Gasteiger partial charge in [0.05, 0.1) is 18.8 Å². The Hall–Kier alpha value is -4.56. The Morgan fingerprint density at radius 2 is 1.42 bits per heavy atom. The summed E-state index contributed by atoms with van der Waals surface area (Å²) in [4.78, 5) is 94.1. The molecule has 1 aliphatic heterocycles. The van der Waals surface area contributed by atoms with E-state index in [0.717, 1.165) is 4.90 Å². The Bertz CT molecular complexity index is 1240. The second-order valence-electron chi connectivity index (χ2n) is 12.4. The fraction of sp³-hybridized carbons (Fsp3) is 0.733. The van der Waals surface area contributed by atoms with Crippen molar-refractivity contribution in [2.24, 2.45) is 28.1 Å². The zero-order valence-corrected chi connectivity index (χ0v) is 29.2. The lowest BCUT2D eigenvalue weighted by Gasteiger charge is -2.31. The number of carboxylic acids is 1. The van der Waals surface area contributed by atoms with Gasteiger partial charge in [0.15, 0.2) is 5.96 Å². The lowest BCUT2D eigenvalue weighted by Crippen LogP contribution is -2.61. The minimum Gasteiger partial charge on any atom is -0.480 e. The van der Waals surface area contributed by atoms with Crippen LogP contribution < -0.4 is 43.8 Å². The minimum absolute atomic E-state index is 0.0705. The molecular formula is C30H54N10O10. The largest absolute Gasteiger partial charge is 0.480 e. The molecule has 284 valence electrons. The van der Waals surface area contributed by atoms with Crippen molar-refractivity contribution >= 4 is 47.4 Å². The Morgan fingerprint density at radius 1 is 0.860 bits per heavy atom. The van der Waals surface area contributed by atoms with Gasteiger partial charge < -0.3 is 64.0 Å². The SMILES string of the molecule is CC[C@H](C)[C@H](NC(=O)[C@H](CO)NC(=O)[C@@H]1CCCN1C(=O)[C@@H](NC(=O)[C@H](C)NC(=O)[C@H](C)NC(=O)[C@@H](N)CCCN=C(N)N)[C@@H](C)O)C(=O)O. The molecular weight excluding hydrogens is 660 g/mol. The molecule has 0 spiro atoms. The number of hydrogen-bond acceptors (Lipinski definition) is 11. The van der Waals surface area contributed by atoms with Crippen LogP contribution in [0.5, 0.6) is 0 Å². The number of aliphatic hydroxyl groups excluding tert-OH is 2. The van der Waals surface area contributed by atoms with E-state index in [1.165, 1.54) is 20.8 Å². The normalized spacial score (nSPS) is 18.9. The van der Waals surface area contributed by atoms with Crippen molar-refractivity contribution in [3.63, 3.8) is 0 Å². The summed E-state index contributed by atoms with van der Waals surface area (Å²) in [5.74, 6) is -6.54. The summed E-state index contributed by atoms with van der Waals surface area (Å²) in [6.07, 6.45) is 0.200. The molecule has 1 rings (SSSR count). The van der Waals surface area contributed by atoms with E-state index in [1.54, 1.807) is 13.8 Å². The summed E-state index contributed by atoms with van der Waals surface area (Å²) in [5.41, 5.74) is 16.4. The van der Waals surface area contributed by atoms with Crippen LogP contribution in [0.4, 0.5) is 0 Å². The number of nitrogens with two attached hydrogens (primary N) is 3. The van der Waals surface area contributed by atoms with Crippen LogP contribution >= 0.6 is 0 Å². The van der Waals surface area contributed by atoms with E-state index in [2.05, 4.69) is 31.6 Å². The summed E-state index contributed by atoms with van der Waals surface area (Å²) in [6.45, 7) is 6.81. The van der Waals surface area contributed by atoms with Gasteiger partial charge in [-0.3, -0.25) is 33.8 Å². The Morgan fingerprint density at radius 3 is 1.94 bits per heavy atom. The lowest BCUT2D eigenvalue weighted by molar-refractivity contribution is -0.145. The molecule has 1 saturated heterocycles. The first-order valence-electron chi connectivity index (χ1n) is 16.5. The maximum Gasteiger partial charge on any atom is 0.326 e. The summed E-state index contributed by atoms with van der Waals surface area (Å²) in [6, 6.07) is -8.70. The van der Waals surface area contributed by atoms with Crippen LogP contribution in [0.2, 0.25) is 0 Å². The smallest absolute Gasteiger partial charge is 0.326 e. The van der Waals surface area contributed by atoms with E-state index in [-0.39, 0.29) is 31.9 Å². The van der Waals surface area contributed by atoms with Crippen molar-refractivity contribution in [3.05, 3.63) is 0 Å². The van der Waals surface area contributed by atoms with Gasteiger partial charge in [-0.2, -0.15) is 0 Å². The van der Waals surface area contributed by atoms with Crippen LogP contribution in [0.3, 0.4) is 0 Å². The first kappa shape index (κ1) is 43.5. The predicted octanol–water partition coefficient (Wildman–Crippen LogP) is -4.67. The van der Waals surface area contributed by atoms with E-state index in [4.69, 9.17) is 17.2 Å². The van der Waals surface area contributed by atoms with Crippen molar-refractivity contribution in [2.45, 2.75) is 115 Å². The van der Waals surface area contributed by atoms with Crippen LogP contribution in [-0.2, 0) is 33.6 Å². The van der Waals surface area contributed by atoms with Crippen LogP contribution in [0.25, 0.3) is 0 Å². The maximum atomic E-state index is 13.5. The zero-order valence-electron chi connectivity index (χ0n) is 29.2. The molecule has 0 unspecified atom stereocenters. The van der Waals surface area contributed by atoms with Crippen molar-refractivity contribution in [2.75, 3.05) is 19.7 Å². The second kappa shape index (κ2) is 20.8. The average Bonchev–Trinajstić information content (AvgIpc) is 3.55. The fourth-order valence-corrected chi connectivity index (χ4v) is 4.99. The van der Waals surface area contributed by atoms with Gasteiger partial charge in [-0.25, -0.2) is 4.79 Å². The third kappa shape index (κ3) is 13.4. The third-order valence-corrected chi connectivity index (χ3v) is 8.29. The number of aliphatic hydroxyl groups is 2. The minimum atomic E-state index is -1.53. The molecule has 0 aliphatic carbocycles. The average molecular weight is 715 g/mol. The number of carboxylic acid groups (broad SMARTS) is 1. The van der Waals surface area contributed by atoms with Crippen molar-refractivity contribution in [1.29, 1.82) is 0 Å². The van der Waals surface area contributed by atoms with Gasteiger partial charge in [0.1, 0.15) is 36.3 Å². The van der Waals surface area contributed by atoms with E-state index < -0.39 is 102 Å². The zero-order chi connectivity index (χ0) is 38.3. The highest BCUT2D eigenvalue weighted by Gasteiger charge is 2.41. The topological polar surface area (TPSA) is 334 Å². The van der Waals surface area contributed by atoms with Crippen molar-refractivity contribution < 1.29 is 48.9 Å². The quantitative estimate of drug-likeness (QED) is 0.0321. The summed E-state index contributed by atoms with van der Waals surface area (Å²) in [5, 5.41) is 41.6. The predicted molar refractivity (Wildman–Crippen MR) is 179 cm³/mol. The standard InChI is InChI=1S/C30H54N10O10/c1-6-14(2)21(29(49)50)38-26(46)19(13-41)37-27(47)20-10-8-12-40(20)28(48)22(17(5)42)39-24(44)16(4)35-23(43)15(3)36-25(45)18(31)9-7-11-34-30(32)33/h14-22,41-42H,6-13,31H2,1-5H3,(H,35,43)(H,36,45)(H,37,47)(H,38,46)(H,39,44)(H,49,50)(H4,32,33,34)/t14-,15-,16-,17+,18-,19-,20-,21-,22-/m0/s1. The lowest BCUT2D eigenvalue weighted by atomic mass is 9.99. The number of guanidine groups is 1. The number of nitrogens with zero attached hydrogens (tertiary/aromatic N) is 2. The van der Waals surface area contributed by atoms with Gasteiger partial charge in [-0.1, -0.05) is 20.3 Å². The van der Waals surface area contributed by atoms with E-state index in [9.17, 15) is 48.9 Å². The molecule has 50 heavy (non-hydrogen) atoms. The first-order valence-corrected chi connectivity index (χ1v) is 16.5. The molecule has 0 saturated carbocycles. The van der Waals surface area contributed by atoms with Gasteiger partial charge in [0.2, 0.25) is 35.4 Å². The summed E-state index contributed by atoms with van der Waals surface area (Å²) < 4.78 is 0. The molecule has 1 heterocycles. The fourth-order valence-electron chi connectivity index (χ4n) is 4.99. The van der Waals surface area contributed by atoms with Gasteiger partial charge in [0, 0.05) is 13.1 Å². The number of hydrogen-bond donors (Lipinski definition) is 11. The molecule has 0 bridgehead atoms. The number of amides is 6. The molecule has 0 aromatic heterocycles. The molecule has 0 aromatic carbocycles. The number of carbonyl (C=O) groups is 7. The Labute approximate surface area is 290 Å². The van der Waals surface area contributed by atoms with Crippen LogP contribution in [0.1, 0.15) is 66.7 Å². The summed E-state index contributed by atoms with van der Waals surface area (Å²) >= 11 is 0. The van der Waals surface area contributed by atoms with Crippen LogP contribution in [0, 0.1) is 5.92 Å². The highest BCUT2D eigenvalue weighted by atomic mass is 16.4. The molecule has 0 radical (unpaired) electrons. The van der Waals surface area contributed by atoms with Gasteiger partial charge in [-0.05, 0) is 52.4 Å². The number of aliphatic imine (C=N–C) groups is 1. The van der Waals surface area contributed by atoms with Crippen LogP contribution in [-0.4, -0.2) is 136 Å². The van der Waals surface area contributed by atoms with Gasteiger partial charge in [-0.15, -0.1) is 0 Å². The molecule has 20 nitrogen and oxygen atoms in total. The van der Waals surface area contributed by atoms with Crippen LogP contribution in [0.15, 0.2) is 4.99 Å². The number of likely N-dealkylation sites (tertiary alicyclic amines) is 1. The summed E-state index contributed by atoms with van der Waals surface area (Å²) in [7, 11) is 0. The Kier molecular flexibility index (Phi) is 18.1. The Balaban J connectivity index is 2.85. The third-order valence-electron chi connectivity index (χ3n) is 8.29. The number of nitrogens with one attached hydrogen (secondary N) is 5. The molecule has 9 atom stereocenters. The van der Waals surface area contributed by atoms with E-state index in [0.29, 0.717) is 19.3 Å². The number of rotatable bonds is 20. The molecule has 14 N–H and O–H groups in total. The molecule has 1 fully saturated rings. The second-order valence-corrected chi connectivity index (χ2v) is 12.4. The van der Waals surface area contributed by atoms with Crippen molar-refractivity contribution in [3.8, 4) is 0 Å². The molecule has 20 heteroatoms. The van der Waals surface area contributed by atoms with Gasteiger partial charge in [0.25, 0.3) is 0 Å². The maximum absolute atomic E-state index is 13.5. The highest BCUT2D eigenvalue weighted by molar-refractivity contribution is 5.97. The highest BCUT2D eigenvalue weighted by Crippen LogP contribution is 2.20. The molecule has 1 aliphatic rings. The number of carbonyl (C=O) groups excluding carboxylic acids is 6. The molecule has 0 aromatic rings. The number of aliphatic carboxylic acids is 1.